The molecule has 0 aliphatic heterocycles. The van der Waals surface area contributed by atoms with Crippen LogP contribution < -0.4 is 5.32 Å². The van der Waals surface area contributed by atoms with Gasteiger partial charge in [0.05, 0.1) is 23.6 Å². The van der Waals surface area contributed by atoms with Crippen molar-refractivity contribution in [2.45, 2.75) is 53.8 Å². The molecule has 0 saturated heterocycles. The van der Waals surface area contributed by atoms with Crippen molar-refractivity contribution in [3.63, 3.8) is 0 Å². The van der Waals surface area contributed by atoms with Gasteiger partial charge in [-0.1, -0.05) is 6.92 Å². The first-order valence-electron chi connectivity index (χ1n) is 6.95. The van der Waals surface area contributed by atoms with Crippen LogP contribution in [0, 0.1) is 13.8 Å². The lowest BCUT2D eigenvalue weighted by atomic mass is 10.3. The number of hydrogen-bond acceptors (Lipinski definition) is 3. The quantitative estimate of drug-likeness (QED) is 0.869. The van der Waals surface area contributed by atoms with Gasteiger partial charge < -0.3 is 5.32 Å². The average Bonchev–Trinajstić information content (AvgIpc) is 2.90. The minimum absolute atomic E-state index is 0.784. The highest BCUT2D eigenvalue weighted by Crippen LogP contribution is 2.12. The van der Waals surface area contributed by atoms with Crippen molar-refractivity contribution in [3.8, 4) is 0 Å². The predicted octanol–water partition coefficient (Wildman–Crippen LogP) is 2.74. The first-order valence-corrected chi connectivity index (χ1v) is 6.95. The highest BCUT2D eigenvalue weighted by Gasteiger charge is 2.07. The number of hydrogen-bond donors (Lipinski definition) is 1. The summed E-state index contributed by atoms with van der Waals surface area (Å²) in [5.74, 6) is 1.07. The molecule has 2 rings (SSSR count). The molecule has 0 unspecified atom stereocenters. The number of anilines is 1. The maximum Gasteiger partial charge on any atom is 0.124 e. The van der Waals surface area contributed by atoms with Crippen molar-refractivity contribution in [1.29, 1.82) is 0 Å². The summed E-state index contributed by atoms with van der Waals surface area (Å²) < 4.78 is 4.07. The fourth-order valence-electron chi connectivity index (χ4n) is 2.26. The number of nitrogens with zero attached hydrogens (tertiary/aromatic N) is 4. The Bertz CT molecular complexity index is 538. The highest BCUT2D eigenvalue weighted by molar-refractivity contribution is 5.37. The SMILES string of the molecule is CCCn1nc(C)cc1CNc1cc(C)nn1CC. The molecule has 2 heterocycles. The van der Waals surface area contributed by atoms with Gasteiger partial charge in [0.25, 0.3) is 0 Å². The third-order valence-electron chi connectivity index (χ3n) is 3.07. The van der Waals surface area contributed by atoms with E-state index in [-0.39, 0.29) is 0 Å². The van der Waals surface area contributed by atoms with Crippen LogP contribution in [0.3, 0.4) is 0 Å². The monoisotopic (exact) mass is 261 g/mol. The van der Waals surface area contributed by atoms with E-state index in [1.165, 1.54) is 5.69 Å². The van der Waals surface area contributed by atoms with E-state index in [1.54, 1.807) is 0 Å². The Morgan fingerprint density at radius 1 is 1.05 bits per heavy atom. The summed E-state index contributed by atoms with van der Waals surface area (Å²) in [7, 11) is 0. The van der Waals surface area contributed by atoms with Gasteiger partial charge in [-0.15, -0.1) is 0 Å². The van der Waals surface area contributed by atoms with Gasteiger partial charge in [-0.25, -0.2) is 4.68 Å². The van der Waals surface area contributed by atoms with Crippen LogP contribution in [0.5, 0.6) is 0 Å². The summed E-state index contributed by atoms with van der Waals surface area (Å²) in [6.07, 6.45) is 1.10. The van der Waals surface area contributed by atoms with E-state index < -0.39 is 0 Å². The summed E-state index contributed by atoms with van der Waals surface area (Å²) in [4.78, 5) is 0. The number of rotatable bonds is 6. The highest BCUT2D eigenvalue weighted by atomic mass is 15.3. The van der Waals surface area contributed by atoms with E-state index in [2.05, 4.69) is 46.2 Å². The van der Waals surface area contributed by atoms with Gasteiger partial charge in [0.1, 0.15) is 5.82 Å². The molecule has 5 heteroatoms. The van der Waals surface area contributed by atoms with Gasteiger partial charge in [-0.05, 0) is 33.3 Å². The Morgan fingerprint density at radius 3 is 2.42 bits per heavy atom. The Morgan fingerprint density at radius 2 is 1.74 bits per heavy atom. The third-order valence-corrected chi connectivity index (χ3v) is 3.07. The first kappa shape index (κ1) is 13.6. The minimum atomic E-state index is 0.784. The molecule has 2 aromatic rings. The zero-order valence-corrected chi connectivity index (χ0v) is 12.3. The van der Waals surface area contributed by atoms with Crippen LogP contribution in [0.25, 0.3) is 0 Å². The van der Waals surface area contributed by atoms with Crippen LogP contribution in [0.2, 0.25) is 0 Å². The summed E-state index contributed by atoms with van der Waals surface area (Å²) in [5, 5.41) is 12.4. The second kappa shape index (κ2) is 5.91. The summed E-state index contributed by atoms with van der Waals surface area (Å²) in [6.45, 7) is 11.0. The molecule has 5 nitrogen and oxygen atoms in total. The van der Waals surface area contributed by atoms with Gasteiger partial charge >= 0.3 is 0 Å². The maximum atomic E-state index is 4.51. The molecule has 0 spiro atoms. The standard InChI is InChI=1S/C14H23N5/c1-5-7-19-13(8-11(3)17-19)10-15-14-9-12(4)16-18(14)6-2/h8-9,15H,5-7,10H2,1-4H3. The largest absolute Gasteiger partial charge is 0.365 e. The van der Waals surface area contributed by atoms with E-state index in [9.17, 15) is 0 Å². The first-order chi connectivity index (χ1) is 9.13. The summed E-state index contributed by atoms with van der Waals surface area (Å²) >= 11 is 0. The number of aryl methyl sites for hydroxylation is 4. The van der Waals surface area contributed by atoms with Crippen LogP contribution in [0.1, 0.15) is 37.4 Å². The molecule has 0 aliphatic rings. The molecule has 19 heavy (non-hydrogen) atoms. The molecule has 0 aliphatic carbocycles. The Balaban J connectivity index is 2.09. The van der Waals surface area contributed by atoms with E-state index >= 15 is 0 Å². The number of aromatic nitrogens is 4. The molecule has 0 radical (unpaired) electrons. The van der Waals surface area contributed by atoms with Crippen molar-refractivity contribution in [2.75, 3.05) is 5.32 Å². The lowest BCUT2D eigenvalue weighted by Crippen LogP contribution is -2.11. The third kappa shape index (κ3) is 3.16. The molecule has 0 bridgehead atoms. The molecular formula is C14H23N5. The van der Waals surface area contributed by atoms with Crippen molar-refractivity contribution in [2.24, 2.45) is 0 Å². The van der Waals surface area contributed by atoms with E-state index in [4.69, 9.17) is 0 Å². The van der Waals surface area contributed by atoms with Crippen LogP contribution in [-0.2, 0) is 19.6 Å². The van der Waals surface area contributed by atoms with Crippen LogP contribution in [0.15, 0.2) is 12.1 Å². The van der Waals surface area contributed by atoms with Gasteiger partial charge in [0.2, 0.25) is 0 Å². The molecule has 0 atom stereocenters. The molecule has 1 N–H and O–H groups in total. The topological polar surface area (TPSA) is 47.7 Å². The smallest absolute Gasteiger partial charge is 0.124 e. The van der Waals surface area contributed by atoms with E-state index in [0.717, 1.165) is 43.3 Å². The van der Waals surface area contributed by atoms with Crippen LogP contribution in [-0.4, -0.2) is 19.6 Å². The molecule has 2 aromatic heterocycles. The zero-order valence-electron chi connectivity index (χ0n) is 12.3. The average molecular weight is 261 g/mol. The molecular weight excluding hydrogens is 238 g/mol. The molecule has 104 valence electrons. The van der Waals surface area contributed by atoms with Gasteiger partial charge in [0, 0.05) is 19.2 Å². The van der Waals surface area contributed by atoms with Gasteiger partial charge in [-0.3, -0.25) is 4.68 Å². The van der Waals surface area contributed by atoms with Crippen LogP contribution in [0.4, 0.5) is 5.82 Å². The fraction of sp³-hybridized carbons (Fsp3) is 0.571. The second-order valence-corrected chi connectivity index (χ2v) is 4.84. The number of nitrogens with one attached hydrogen (secondary N) is 1. The molecule has 0 amide bonds. The second-order valence-electron chi connectivity index (χ2n) is 4.84. The Hall–Kier alpha value is -1.78. The zero-order chi connectivity index (χ0) is 13.8. The lowest BCUT2D eigenvalue weighted by Gasteiger charge is -2.09. The summed E-state index contributed by atoms with van der Waals surface area (Å²) in [6, 6.07) is 4.22. The predicted molar refractivity (Wildman–Crippen MR) is 77.2 cm³/mol. The van der Waals surface area contributed by atoms with Gasteiger partial charge in [0.15, 0.2) is 0 Å². The van der Waals surface area contributed by atoms with Crippen molar-refractivity contribution < 1.29 is 0 Å². The van der Waals surface area contributed by atoms with Crippen LogP contribution >= 0.6 is 0 Å². The Labute approximate surface area is 114 Å². The molecule has 0 saturated carbocycles. The maximum absolute atomic E-state index is 4.51. The van der Waals surface area contributed by atoms with Crippen molar-refractivity contribution in [3.05, 3.63) is 29.2 Å². The van der Waals surface area contributed by atoms with E-state index in [0.29, 0.717) is 0 Å². The van der Waals surface area contributed by atoms with E-state index in [1.807, 2.05) is 18.5 Å². The lowest BCUT2D eigenvalue weighted by molar-refractivity contribution is 0.573. The van der Waals surface area contributed by atoms with Crippen molar-refractivity contribution in [1.82, 2.24) is 19.6 Å². The Kier molecular flexibility index (Phi) is 4.24. The van der Waals surface area contributed by atoms with Gasteiger partial charge in [-0.2, -0.15) is 10.2 Å². The molecule has 0 fully saturated rings. The fourth-order valence-corrected chi connectivity index (χ4v) is 2.26. The minimum Gasteiger partial charge on any atom is -0.365 e. The molecule has 0 aromatic carbocycles. The van der Waals surface area contributed by atoms with Crippen molar-refractivity contribution >= 4 is 5.82 Å². The summed E-state index contributed by atoms with van der Waals surface area (Å²) in [5.41, 5.74) is 3.34. The normalized spacial score (nSPS) is 10.9.